The van der Waals surface area contributed by atoms with Crippen LogP contribution in [0.25, 0.3) is 11.0 Å². The van der Waals surface area contributed by atoms with Gasteiger partial charge in [-0.05, 0) is 19.1 Å². The first-order valence-electron chi connectivity index (χ1n) is 8.20. The van der Waals surface area contributed by atoms with E-state index in [9.17, 15) is 4.79 Å². The number of aromatic nitrogens is 2. The van der Waals surface area contributed by atoms with Gasteiger partial charge in [-0.25, -0.2) is 4.98 Å². The van der Waals surface area contributed by atoms with Gasteiger partial charge in [-0.1, -0.05) is 12.1 Å². The number of nitrogens with zero attached hydrogens (tertiary/aromatic N) is 4. The fourth-order valence-electron chi connectivity index (χ4n) is 2.86. The van der Waals surface area contributed by atoms with E-state index in [0.717, 1.165) is 23.3 Å². The van der Waals surface area contributed by atoms with Gasteiger partial charge in [0.15, 0.2) is 5.66 Å². The molecule has 1 aliphatic rings. The molecule has 6 nitrogen and oxygen atoms in total. The fourth-order valence-corrected chi connectivity index (χ4v) is 2.86. The van der Waals surface area contributed by atoms with E-state index in [1.165, 1.54) is 0 Å². The van der Waals surface area contributed by atoms with Crippen LogP contribution < -0.4 is 5.32 Å². The zero-order valence-electron chi connectivity index (χ0n) is 13.8. The number of nitrogens with one attached hydrogen (secondary N) is 1. The molecule has 0 saturated heterocycles. The molecule has 0 unspecified atom stereocenters. The van der Waals surface area contributed by atoms with E-state index in [4.69, 9.17) is 6.42 Å². The second kappa shape index (κ2) is 6.83. The van der Waals surface area contributed by atoms with E-state index in [0.29, 0.717) is 32.4 Å². The molecule has 0 radical (unpaired) electrons. The predicted octanol–water partition coefficient (Wildman–Crippen LogP) is 2.82. The Morgan fingerprint density at radius 3 is 2.88 bits per heavy atom. The van der Waals surface area contributed by atoms with Crippen molar-refractivity contribution in [1.82, 2.24) is 14.9 Å². The summed E-state index contributed by atoms with van der Waals surface area (Å²) in [5, 5.41) is 11.1. The molecule has 124 valence electrons. The molecule has 1 N–H and O–H groups in total. The number of hydrogen-bond donors (Lipinski definition) is 1. The van der Waals surface area contributed by atoms with Crippen LogP contribution in [0, 0.1) is 19.3 Å². The van der Waals surface area contributed by atoms with E-state index in [-0.39, 0.29) is 11.6 Å². The van der Waals surface area contributed by atoms with E-state index in [2.05, 4.69) is 31.0 Å². The molecule has 3 rings (SSSR count). The van der Waals surface area contributed by atoms with Gasteiger partial charge in [0.2, 0.25) is 5.91 Å². The lowest BCUT2D eigenvalue weighted by Gasteiger charge is -2.10. The van der Waals surface area contributed by atoms with Crippen LogP contribution in [0.4, 0.5) is 0 Å². The monoisotopic (exact) mass is 323 g/mol. The van der Waals surface area contributed by atoms with Gasteiger partial charge in [0.05, 0.1) is 11.0 Å². The van der Waals surface area contributed by atoms with Crippen molar-refractivity contribution in [2.45, 2.75) is 44.8 Å². The molecule has 2 aromatic rings. The summed E-state index contributed by atoms with van der Waals surface area (Å²) in [5.74, 6) is 3.57. The van der Waals surface area contributed by atoms with Crippen LogP contribution in [0.5, 0.6) is 0 Å². The average Bonchev–Trinajstić information content (AvgIpc) is 3.29. The number of para-hydroxylation sites is 2. The van der Waals surface area contributed by atoms with Crippen LogP contribution in [0.2, 0.25) is 0 Å². The smallest absolute Gasteiger partial charge is 0.220 e. The lowest BCUT2D eigenvalue weighted by Crippen LogP contribution is -2.28. The lowest BCUT2D eigenvalue weighted by molar-refractivity contribution is -0.121. The van der Waals surface area contributed by atoms with Crippen molar-refractivity contribution < 1.29 is 4.79 Å². The Morgan fingerprint density at radius 1 is 1.33 bits per heavy atom. The van der Waals surface area contributed by atoms with Gasteiger partial charge in [0, 0.05) is 38.8 Å². The highest BCUT2D eigenvalue weighted by molar-refractivity contribution is 5.76. The van der Waals surface area contributed by atoms with Crippen LogP contribution in [-0.4, -0.2) is 27.7 Å². The van der Waals surface area contributed by atoms with Gasteiger partial charge in [-0.3, -0.25) is 4.79 Å². The Bertz CT molecular complexity index is 808. The number of benzene rings is 1. The highest BCUT2D eigenvalue weighted by Crippen LogP contribution is 2.37. The van der Waals surface area contributed by atoms with Gasteiger partial charge < -0.3 is 9.88 Å². The molecule has 1 aromatic heterocycles. The summed E-state index contributed by atoms with van der Waals surface area (Å²) >= 11 is 0. The van der Waals surface area contributed by atoms with Crippen molar-refractivity contribution >= 4 is 16.9 Å². The van der Waals surface area contributed by atoms with Crippen molar-refractivity contribution in [2.24, 2.45) is 10.2 Å². The van der Waals surface area contributed by atoms with Gasteiger partial charge in [-0.15, -0.1) is 12.3 Å². The first-order chi connectivity index (χ1) is 11.6. The topological polar surface area (TPSA) is 71.6 Å². The molecule has 0 atom stereocenters. The second-order valence-electron chi connectivity index (χ2n) is 6.04. The number of fused-ring (bicyclic) bond motifs is 1. The minimum Gasteiger partial charge on any atom is -0.354 e. The highest BCUT2D eigenvalue weighted by atomic mass is 16.1. The average molecular weight is 323 g/mol. The van der Waals surface area contributed by atoms with Crippen molar-refractivity contribution in [2.75, 3.05) is 6.54 Å². The Kier molecular flexibility index (Phi) is 4.61. The molecule has 0 bridgehead atoms. The number of imidazole rings is 1. The molecular weight excluding hydrogens is 302 g/mol. The minimum absolute atomic E-state index is 0.0226. The highest BCUT2D eigenvalue weighted by Gasteiger charge is 2.39. The maximum Gasteiger partial charge on any atom is 0.220 e. The quantitative estimate of drug-likeness (QED) is 0.759. The molecule has 0 spiro atoms. The Hall–Kier alpha value is -2.68. The lowest BCUT2D eigenvalue weighted by atomic mass is 10.0. The third kappa shape index (κ3) is 3.62. The molecule has 6 heteroatoms. The number of terminal acetylenes is 1. The number of aryl methyl sites for hydroxylation is 1. The standard InChI is InChI=1S/C18H21N5O/c1-3-4-10-18(21-22-18)11-9-17(24)19-12-13-23-14(2)20-15-7-5-6-8-16(15)23/h1,5-8H,4,9-13H2,2H3,(H,19,24). The summed E-state index contributed by atoms with van der Waals surface area (Å²) < 4.78 is 2.12. The summed E-state index contributed by atoms with van der Waals surface area (Å²) in [6, 6.07) is 8.01. The Balaban J connectivity index is 1.45. The van der Waals surface area contributed by atoms with Gasteiger partial charge in [0.1, 0.15) is 5.82 Å². The van der Waals surface area contributed by atoms with Crippen LogP contribution in [0.1, 0.15) is 31.5 Å². The van der Waals surface area contributed by atoms with Crippen molar-refractivity contribution in [1.29, 1.82) is 0 Å². The molecule has 0 aliphatic carbocycles. The van der Waals surface area contributed by atoms with E-state index >= 15 is 0 Å². The van der Waals surface area contributed by atoms with E-state index in [1.54, 1.807) is 0 Å². The van der Waals surface area contributed by atoms with Crippen molar-refractivity contribution in [3.05, 3.63) is 30.1 Å². The van der Waals surface area contributed by atoms with Crippen molar-refractivity contribution in [3.8, 4) is 12.3 Å². The van der Waals surface area contributed by atoms with E-state index in [1.807, 2.05) is 31.2 Å². The van der Waals surface area contributed by atoms with Crippen LogP contribution >= 0.6 is 0 Å². The van der Waals surface area contributed by atoms with E-state index < -0.39 is 0 Å². The third-order valence-corrected chi connectivity index (χ3v) is 4.31. The number of amides is 1. The first kappa shape index (κ1) is 16.2. The van der Waals surface area contributed by atoms with Crippen molar-refractivity contribution in [3.63, 3.8) is 0 Å². The fraction of sp³-hybridized carbons (Fsp3) is 0.444. The van der Waals surface area contributed by atoms with Gasteiger partial charge in [-0.2, -0.15) is 10.2 Å². The molecule has 0 fully saturated rings. The molecule has 1 aliphatic heterocycles. The SMILES string of the molecule is C#CCCC1(CCC(=O)NCCn2c(C)nc3ccccc32)N=N1. The molecule has 2 heterocycles. The van der Waals surface area contributed by atoms with Crippen LogP contribution in [0.3, 0.4) is 0 Å². The maximum atomic E-state index is 12.0. The summed E-state index contributed by atoms with van der Waals surface area (Å²) in [7, 11) is 0. The Morgan fingerprint density at radius 2 is 2.12 bits per heavy atom. The molecule has 1 aromatic carbocycles. The predicted molar refractivity (Wildman–Crippen MR) is 92.4 cm³/mol. The number of carbonyl (C=O) groups excluding carboxylic acids is 1. The van der Waals surface area contributed by atoms with Crippen LogP contribution in [-0.2, 0) is 11.3 Å². The second-order valence-corrected chi connectivity index (χ2v) is 6.04. The molecule has 0 saturated carbocycles. The molecule has 1 amide bonds. The zero-order chi connectivity index (χ0) is 17.0. The summed E-state index contributed by atoms with van der Waals surface area (Å²) in [5.41, 5.74) is 1.68. The van der Waals surface area contributed by atoms with Gasteiger partial charge >= 0.3 is 0 Å². The Labute approximate surface area is 141 Å². The third-order valence-electron chi connectivity index (χ3n) is 4.31. The molecular formula is C18H21N5O. The summed E-state index contributed by atoms with van der Waals surface area (Å²) in [6.07, 6.45) is 7.69. The zero-order valence-corrected chi connectivity index (χ0v) is 13.8. The molecule has 24 heavy (non-hydrogen) atoms. The normalized spacial score (nSPS) is 14.5. The first-order valence-corrected chi connectivity index (χ1v) is 8.20. The summed E-state index contributed by atoms with van der Waals surface area (Å²) in [4.78, 5) is 16.5. The minimum atomic E-state index is -0.388. The van der Waals surface area contributed by atoms with Gasteiger partial charge in [0.25, 0.3) is 0 Å². The summed E-state index contributed by atoms with van der Waals surface area (Å²) in [6.45, 7) is 3.26. The number of carbonyl (C=O) groups is 1. The number of rotatable bonds is 8. The maximum absolute atomic E-state index is 12.0. The largest absolute Gasteiger partial charge is 0.354 e. The number of hydrogen-bond acceptors (Lipinski definition) is 4. The van der Waals surface area contributed by atoms with Crippen LogP contribution in [0.15, 0.2) is 34.5 Å².